The summed E-state index contributed by atoms with van der Waals surface area (Å²) in [6, 6.07) is 9.60. The molecular weight excluding hydrogens is 354 g/mol. The number of para-hydroxylation sites is 1. The minimum atomic E-state index is -0.944. The van der Waals surface area contributed by atoms with Crippen LogP contribution in [0.2, 0.25) is 0 Å². The fraction of sp³-hybridized carbons (Fsp3) is 0.368. The van der Waals surface area contributed by atoms with E-state index in [2.05, 4.69) is 5.32 Å². The van der Waals surface area contributed by atoms with E-state index in [0.29, 0.717) is 37.5 Å². The van der Waals surface area contributed by atoms with Gasteiger partial charge in [0.05, 0.1) is 10.3 Å². The molecule has 2 aliphatic heterocycles. The summed E-state index contributed by atoms with van der Waals surface area (Å²) in [5.41, 5.74) is 1.03. The van der Waals surface area contributed by atoms with E-state index < -0.39 is 11.4 Å². The molecule has 1 fully saturated rings. The Morgan fingerprint density at radius 3 is 2.77 bits per heavy atom. The van der Waals surface area contributed by atoms with Crippen LogP contribution in [0, 0.1) is 5.41 Å². The molecule has 26 heavy (non-hydrogen) atoms. The normalized spacial score (nSPS) is 17.5. The lowest BCUT2D eigenvalue weighted by molar-refractivity contribution is -0.154. The van der Waals surface area contributed by atoms with Crippen LogP contribution < -0.4 is 10.1 Å². The van der Waals surface area contributed by atoms with E-state index in [9.17, 15) is 14.7 Å². The molecule has 2 aliphatic rings. The Kier molecular flexibility index (Phi) is 4.42. The molecule has 1 amide bonds. The van der Waals surface area contributed by atoms with Crippen LogP contribution in [0.4, 0.5) is 0 Å². The molecule has 136 valence electrons. The first-order chi connectivity index (χ1) is 12.6. The molecule has 1 saturated heterocycles. The van der Waals surface area contributed by atoms with Crippen molar-refractivity contribution in [3.63, 3.8) is 0 Å². The maximum Gasteiger partial charge on any atom is 0.311 e. The lowest BCUT2D eigenvalue weighted by Gasteiger charge is -2.33. The van der Waals surface area contributed by atoms with Crippen molar-refractivity contribution in [1.29, 1.82) is 0 Å². The molecule has 1 aromatic heterocycles. The van der Waals surface area contributed by atoms with Crippen LogP contribution in [0.1, 0.15) is 28.1 Å². The number of carboxylic acids is 1. The topological polar surface area (TPSA) is 84.9 Å². The Morgan fingerprint density at radius 1 is 1.23 bits per heavy atom. The second-order valence-corrected chi connectivity index (χ2v) is 7.68. The van der Waals surface area contributed by atoms with Gasteiger partial charge in [-0.1, -0.05) is 12.1 Å². The summed E-state index contributed by atoms with van der Waals surface area (Å²) >= 11 is 1.42. The van der Waals surface area contributed by atoms with E-state index in [0.717, 1.165) is 21.8 Å². The van der Waals surface area contributed by atoms with Crippen molar-refractivity contribution in [2.24, 2.45) is 5.41 Å². The van der Waals surface area contributed by atoms with Crippen LogP contribution in [0.5, 0.6) is 5.75 Å². The van der Waals surface area contributed by atoms with Crippen molar-refractivity contribution in [3.05, 3.63) is 40.8 Å². The summed E-state index contributed by atoms with van der Waals surface area (Å²) in [6.07, 6.45) is 0.815. The monoisotopic (exact) mass is 373 g/mol. The van der Waals surface area contributed by atoms with Gasteiger partial charge in [0.25, 0.3) is 5.91 Å². The van der Waals surface area contributed by atoms with E-state index in [1.165, 1.54) is 11.3 Å². The summed E-state index contributed by atoms with van der Waals surface area (Å²) < 4.78 is 11.0. The lowest BCUT2D eigenvalue weighted by Crippen LogP contribution is -2.46. The summed E-state index contributed by atoms with van der Waals surface area (Å²) in [7, 11) is 0. The zero-order valence-corrected chi connectivity index (χ0v) is 14.9. The number of rotatable bonds is 4. The van der Waals surface area contributed by atoms with Crippen LogP contribution in [-0.2, 0) is 16.1 Å². The van der Waals surface area contributed by atoms with Crippen molar-refractivity contribution in [2.45, 2.75) is 19.4 Å². The third kappa shape index (κ3) is 2.97. The maximum atomic E-state index is 12.6. The Labute approximate surface area is 154 Å². The van der Waals surface area contributed by atoms with Crippen molar-refractivity contribution < 1.29 is 24.2 Å². The van der Waals surface area contributed by atoms with E-state index in [4.69, 9.17) is 9.47 Å². The van der Waals surface area contributed by atoms with Gasteiger partial charge in [-0.3, -0.25) is 9.59 Å². The van der Waals surface area contributed by atoms with Crippen molar-refractivity contribution in [3.8, 4) is 16.2 Å². The van der Waals surface area contributed by atoms with Gasteiger partial charge >= 0.3 is 5.97 Å². The van der Waals surface area contributed by atoms with Gasteiger partial charge in [0.15, 0.2) is 0 Å². The van der Waals surface area contributed by atoms with Crippen LogP contribution >= 0.6 is 11.3 Å². The number of nitrogens with one attached hydrogen (secondary N) is 1. The molecule has 2 aromatic rings. The van der Waals surface area contributed by atoms with Gasteiger partial charge in [0.1, 0.15) is 12.4 Å². The van der Waals surface area contributed by atoms with Crippen LogP contribution in [-0.4, -0.2) is 36.7 Å². The molecule has 0 unspecified atom stereocenters. The molecule has 3 heterocycles. The Morgan fingerprint density at radius 2 is 2.00 bits per heavy atom. The highest BCUT2D eigenvalue weighted by molar-refractivity contribution is 7.17. The Balaban J connectivity index is 1.52. The predicted octanol–water partition coefficient (Wildman–Crippen LogP) is 2.92. The summed E-state index contributed by atoms with van der Waals surface area (Å²) in [5.74, 6) is -0.302. The fourth-order valence-corrected chi connectivity index (χ4v) is 4.49. The molecule has 0 aliphatic carbocycles. The fourth-order valence-electron chi connectivity index (χ4n) is 3.38. The zero-order chi connectivity index (χ0) is 18.1. The molecule has 0 spiro atoms. The van der Waals surface area contributed by atoms with Crippen LogP contribution in [0.25, 0.3) is 10.4 Å². The van der Waals surface area contributed by atoms with Gasteiger partial charge in [-0.25, -0.2) is 0 Å². The van der Waals surface area contributed by atoms with Crippen LogP contribution in [0.15, 0.2) is 30.3 Å². The standard InChI is InChI=1S/C19H19NO5S/c21-17(20-11-19(18(22)23)5-7-24-8-6-19)15-9-12-10-25-14-4-2-1-3-13(14)16(12)26-15/h1-4,9H,5-8,10-11H2,(H,20,21)(H,22,23). The van der Waals surface area contributed by atoms with Gasteiger partial charge in [-0.15, -0.1) is 11.3 Å². The number of thiophene rings is 1. The van der Waals surface area contributed by atoms with Gasteiger partial charge in [-0.2, -0.15) is 0 Å². The third-order valence-electron chi connectivity index (χ3n) is 5.04. The number of carbonyl (C=O) groups is 2. The summed E-state index contributed by atoms with van der Waals surface area (Å²) in [5, 5.41) is 12.4. The number of hydrogen-bond donors (Lipinski definition) is 2. The quantitative estimate of drug-likeness (QED) is 0.861. The van der Waals surface area contributed by atoms with Crippen LogP contribution in [0.3, 0.4) is 0 Å². The van der Waals surface area contributed by atoms with Gasteiger partial charge < -0.3 is 19.9 Å². The molecule has 2 N–H and O–H groups in total. The van der Waals surface area contributed by atoms with E-state index in [1.54, 1.807) is 0 Å². The highest BCUT2D eigenvalue weighted by Gasteiger charge is 2.40. The van der Waals surface area contributed by atoms with Gasteiger partial charge in [-0.05, 0) is 31.0 Å². The van der Waals surface area contributed by atoms with Crippen molar-refractivity contribution in [2.75, 3.05) is 19.8 Å². The minimum Gasteiger partial charge on any atom is -0.488 e. The first kappa shape index (κ1) is 17.1. The van der Waals surface area contributed by atoms with E-state index >= 15 is 0 Å². The predicted molar refractivity (Wildman–Crippen MR) is 96.5 cm³/mol. The zero-order valence-electron chi connectivity index (χ0n) is 14.1. The molecule has 4 rings (SSSR count). The molecular formula is C19H19NO5S. The molecule has 1 aromatic carbocycles. The first-order valence-corrected chi connectivity index (χ1v) is 9.35. The smallest absolute Gasteiger partial charge is 0.311 e. The number of hydrogen-bond acceptors (Lipinski definition) is 5. The average Bonchev–Trinajstić information content (AvgIpc) is 3.11. The van der Waals surface area contributed by atoms with Crippen molar-refractivity contribution in [1.82, 2.24) is 5.32 Å². The summed E-state index contributed by atoms with van der Waals surface area (Å²) in [4.78, 5) is 25.9. The number of carbonyl (C=O) groups excluding carboxylic acids is 1. The van der Waals surface area contributed by atoms with E-state index in [-0.39, 0.29) is 12.5 Å². The highest BCUT2D eigenvalue weighted by atomic mass is 32.1. The van der Waals surface area contributed by atoms with Gasteiger partial charge in [0.2, 0.25) is 0 Å². The number of amides is 1. The molecule has 0 bridgehead atoms. The number of benzene rings is 1. The van der Waals surface area contributed by atoms with E-state index in [1.807, 2.05) is 30.3 Å². The molecule has 0 atom stereocenters. The second kappa shape index (κ2) is 6.74. The number of ether oxygens (including phenoxy) is 2. The maximum absolute atomic E-state index is 12.6. The molecule has 0 radical (unpaired) electrons. The number of carboxylic acid groups (broad SMARTS) is 1. The first-order valence-electron chi connectivity index (χ1n) is 8.53. The highest BCUT2D eigenvalue weighted by Crippen LogP contribution is 2.42. The largest absolute Gasteiger partial charge is 0.488 e. The molecule has 6 nitrogen and oxygen atoms in total. The van der Waals surface area contributed by atoms with Crippen molar-refractivity contribution >= 4 is 23.2 Å². The minimum absolute atomic E-state index is 0.111. The van der Waals surface area contributed by atoms with Gasteiger partial charge in [0, 0.05) is 35.8 Å². The second-order valence-electron chi connectivity index (χ2n) is 6.63. The molecule has 0 saturated carbocycles. The Hall–Kier alpha value is -2.38. The summed E-state index contributed by atoms with van der Waals surface area (Å²) in [6.45, 7) is 1.36. The number of aliphatic carboxylic acids is 1. The third-order valence-corrected chi connectivity index (χ3v) is 6.25. The molecule has 7 heteroatoms. The lowest BCUT2D eigenvalue weighted by atomic mass is 9.80. The Bertz CT molecular complexity index is 853. The SMILES string of the molecule is O=C(NCC1(C(=O)O)CCOCC1)c1cc2c(s1)-c1ccccc1OC2. The number of fused-ring (bicyclic) bond motifs is 3. The average molecular weight is 373 g/mol.